The highest BCUT2D eigenvalue weighted by Gasteiger charge is 2.39. The first-order valence-corrected chi connectivity index (χ1v) is 7.58. The number of hydrogen-bond acceptors (Lipinski definition) is 5. The van der Waals surface area contributed by atoms with Crippen molar-refractivity contribution in [2.24, 2.45) is 0 Å². The Bertz CT molecular complexity index is 377. The molecule has 0 bridgehead atoms. The second-order valence-electron chi connectivity index (χ2n) is 4.33. The summed E-state index contributed by atoms with van der Waals surface area (Å²) in [5.74, 6) is -0.897. The Morgan fingerprint density at radius 2 is 2.15 bits per heavy atom. The highest BCUT2D eigenvalue weighted by atomic mass is 32.2. The van der Waals surface area contributed by atoms with Crippen molar-refractivity contribution in [2.75, 3.05) is 18.9 Å². The van der Waals surface area contributed by atoms with Gasteiger partial charge in [0.25, 0.3) is 0 Å². The van der Waals surface area contributed by atoms with Gasteiger partial charge in [-0.2, -0.15) is 0 Å². The van der Waals surface area contributed by atoms with E-state index < -0.39 is 18.0 Å². The number of carboxylic acids is 1. The molecule has 2 amide bonds. The standard InChI is InChI=1S/C12H20N2O5S/c1-3-19-10(15)5-4-6-13-12(18)14-8(2)20-7-9(14)11(16)17/h8-9H,3-7H2,1-2H3,(H,13,18)(H,16,17). The van der Waals surface area contributed by atoms with Crippen molar-refractivity contribution in [3.8, 4) is 0 Å². The van der Waals surface area contributed by atoms with Crippen LogP contribution in [0.2, 0.25) is 0 Å². The van der Waals surface area contributed by atoms with Gasteiger partial charge in [0.2, 0.25) is 0 Å². The maximum atomic E-state index is 12.0. The summed E-state index contributed by atoms with van der Waals surface area (Å²) in [6.45, 7) is 4.19. The van der Waals surface area contributed by atoms with Gasteiger partial charge in [-0.25, -0.2) is 9.59 Å². The lowest BCUT2D eigenvalue weighted by molar-refractivity contribution is -0.143. The SMILES string of the molecule is CCOC(=O)CCCNC(=O)N1C(C)SCC1C(=O)O. The molecule has 1 heterocycles. The fraction of sp³-hybridized carbons (Fsp3) is 0.750. The maximum Gasteiger partial charge on any atom is 0.327 e. The summed E-state index contributed by atoms with van der Waals surface area (Å²) in [5, 5.41) is 11.5. The smallest absolute Gasteiger partial charge is 0.327 e. The van der Waals surface area contributed by atoms with Crippen LogP contribution in [0.1, 0.15) is 26.7 Å². The van der Waals surface area contributed by atoms with Crippen LogP contribution in [0.4, 0.5) is 4.79 Å². The van der Waals surface area contributed by atoms with E-state index in [1.807, 2.05) is 0 Å². The van der Waals surface area contributed by atoms with Crippen LogP contribution in [-0.2, 0) is 14.3 Å². The quantitative estimate of drug-likeness (QED) is 0.559. The summed E-state index contributed by atoms with van der Waals surface area (Å²) >= 11 is 1.43. The fourth-order valence-corrected chi connectivity index (χ4v) is 3.06. The summed E-state index contributed by atoms with van der Waals surface area (Å²) in [6.07, 6.45) is 0.707. The first kappa shape index (κ1) is 16.6. The van der Waals surface area contributed by atoms with E-state index in [0.717, 1.165) is 0 Å². The monoisotopic (exact) mass is 304 g/mol. The molecule has 1 rings (SSSR count). The topological polar surface area (TPSA) is 95.9 Å². The minimum Gasteiger partial charge on any atom is -0.480 e. The van der Waals surface area contributed by atoms with Gasteiger partial charge in [0.05, 0.1) is 12.0 Å². The van der Waals surface area contributed by atoms with E-state index in [4.69, 9.17) is 9.84 Å². The van der Waals surface area contributed by atoms with Crippen LogP contribution in [0.15, 0.2) is 0 Å². The molecule has 0 aromatic rings. The van der Waals surface area contributed by atoms with Gasteiger partial charge in [-0.15, -0.1) is 11.8 Å². The number of rotatable bonds is 6. The average Bonchev–Trinajstić information content (AvgIpc) is 2.77. The van der Waals surface area contributed by atoms with Crippen LogP contribution in [0.5, 0.6) is 0 Å². The molecule has 2 atom stereocenters. The van der Waals surface area contributed by atoms with Crippen molar-refractivity contribution in [3.63, 3.8) is 0 Å². The van der Waals surface area contributed by atoms with E-state index in [-0.39, 0.29) is 17.8 Å². The number of amides is 2. The molecular formula is C12H20N2O5S. The predicted molar refractivity (Wildman–Crippen MR) is 74.4 cm³/mol. The number of aliphatic carboxylic acids is 1. The maximum absolute atomic E-state index is 12.0. The average molecular weight is 304 g/mol. The molecule has 0 aliphatic carbocycles. The Labute approximate surface area is 122 Å². The number of nitrogens with zero attached hydrogens (tertiary/aromatic N) is 1. The third kappa shape index (κ3) is 4.59. The van der Waals surface area contributed by atoms with Crippen molar-refractivity contribution in [1.29, 1.82) is 0 Å². The van der Waals surface area contributed by atoms with E-state index in [9.17, 15) is 14.4 Å². The van der Waals surface area contributed by atoms with Gasteiger partial charge < -0.3 is 15.2 Å². The molecule has 0 aromatic heterocycles. The van der Waals surface area contributed by atoms with Crippen molar-refractivity contribution >= 4 is 29.7 Å². The fourth-order valence-electron chi connectivity index (χ4n) is 1.89. The number of carbonyl (C=O) groups excluding carboxylic acids is 2. The zero-order chi connectivity index (χ0) is 15.1. The summed E-state index contributed by atoms with van der Waals surface area (Å²) in [4.78, 5) is 35.5. The van der Waals surface area contributed by atoms with E-state index in [1.165, 1.54) is 16.7 Å². The molecule has 1 aliphatic rings. The second kappa shape index (κ2) is 7.98. The van der Waals surface area contributed by atoms with Gasteiger partial charge >= 0.3 is 18.0 Å². The number of ether oxygens (including phenoxy) is 1. The van der Waals surface area contributed by atoms with Gasteiger partial charge in [0, 0.05) is 18.7 Å². The normalized spacial score (nSPS) is 21.6. The van der Waals surface area contributed by atoms with Gasteiger partial charge in [0.1, 0.15) is 6.04 Å². The molecule has 1 aliphatic heterocycles. The number of thioether (sulfide) groups is 1. The van der Waals surface area contributed by atoms with Crippen molar-refractivity contribution in [3.05, 3.63) is 0 Å². The lowest BCUT2D eigenvalue weighted by Gasteiger charge is -2.25. The highest BCUT2D eigenvalue weighted by Crippen LogP contribution is 2.28. The number of esters is 1. The van der Waals surface area contributed by atoms with E-state index in [0.29, 0.717) is 25.3 Å². The summed E-state index contributed by atoms with van der Waals surface area (Å²) < 4.78 is 4.77. The van der Waals surface area contributed by atoms with Gasteiger partial charge in [-0.05, 0) is 20.3 Å². The van der Waals surface area contributed by atoms with Crippen molar-refractivity contribution < 1.29 is 24.2 Å². The molecule has 8 heteroatoms. The van der Waals surface area contributed by atoms with Crippen molar-refractivity contribution in [2.45, 2.75) is 38.1 Å². The van der Waals surface area contributed by atoms with Crippen LogP contribution in [0.3, 0.4) is 0 Å². The Kier molecular flexibility index (Phi) is 6.63. The van der Waals surface area contributed by atoms with Crippen LogP contribution >= 0.6 is 11.8 Å². The summed E-state index contributed by atoms with van der Waals surface area (Å²) in [6, 6.07) is -1.20. The zero-order valence-electron chi connectivity index (χ0n) is 11.6. The molecule has 114 valence electrons. The molecule has 0 saturated carbocycles. The third-order valence-corrected chi connectivity index (χ3v) is 4.10. The molecule has 20 heavy (non-hydrogen) atoms. The van der Waals surface area contributed by atoms with Crippen molar-refractivity contribution in [1.82, 2.24) is 10.2 Å². The Hall–Kier alpha value is -1.44. The lowest BCUT2D eigenvalue weighted by atomic mass is 10.3. The second-order valence-corrected chi connectivity index (χ2v) is 5.68. The minimum atomic E-state index is -0.997. The van der Waals surface area contributed by atoms with Gasteiger partial charge in [-0.3, -0.25) is 9.69 Å². The summed E-state index contributed by atoms with van der Waals surface area (Å²) in [7, 11) is 0. The molecule has 0 aromatic carbocycles. The Morgan fingerprint density at radius 3 is 2.75 bits per heavy atom. The molecule has 1 fully saturated rings. The molecule has 0 spiro atoms. The number of hydrogen-bond donors (Lipinski definition) is 2. The first-order valence-electron chi connectivity index (χ1n) is 6.53. The molecule has 1 saturated heterocycles. The first-order chi connectivity index (χ1) is 9.47. The van der Waals surface area contributed by atoms with Crippen LogP contribution in [-0.4, -0.2) is 58.3 Å². The third-order valence-electron chi connectivity index (χ3n) is 2.88. The Morgan fingerprint density at radius 1 is 1.45 bits per heavy atom. The molecule has 2 N–H and O–H groups in total. The molecule has 7 nitrogen and oxygen atoms in total. The van der Waals surface area contributed by atoms with Crippen LogP contribution < -0.4 is 5.32 Å². The van der Waals surface area contributed by atoms with E-state index in [2.05, 4.69) is 5.32 Å². The van der Waals surface area contributed by atoms with Crippen LogP contribution in [0.25, 0.3) is 0 Å². The largest absolute Gasteiger partial charge is 0.480 e. The minimum absolute atomic E-state index is 0.166. The van der Waals surface area contributed by atoms with Crippen LogP contribution in [0, 0.1) is 0 Å². The van der Waals surface area contributed by atoms with Gasteiger partial charge in [-0.1, -0.05) is 0 Å². The predicted octanol–water partition coefficient (Wildman–Crippen LogP) is 0.887. The molecular weight excluding hydrogens is 284 g/mol. The van der Waals surface area contributed by atoms with Gasteiger partial charge in [0.15, 0.2) is 0 Å². The molecule has 0 radical (unpaired) electrons. The number of carboxylic acid groups (broad SMARTS) is 1. The highest BCUT2D eigenvalue weighted by molar-refractivity contribution is 8.00. The number of carbonyl (C=O) groups is 3. The zero-order valence-corrected chi connectivity index (χ0v) is 12.4. The van der Waals surface area contributed by atoms with E-state index >= 15 is 0 Å². The number of nitrogens with one attached hydrogen (secondary N) is 1. The Balaban J connectivity index is 2.34. The lowest BCUT2D eigenvalue weighted by Crippen LogP contribution is -2.49. The van der Waals surface area contributed by atoms with E-state index in [1.54, 1.807) is 13.8 Å². The number of urea groups is 1. The summed E-state index contributed by atoms with van der Waals surface area (Å²) in [5.41, 5.74) is 0. The molecule has 2 unspecified atom stereocenters.